The van der Waals surface area contributed by atoms with Crippen molar-refractivity contribution in [1.82, 2.24) is 15.2 Å². The zero-order valence-electron chi connectivity index (χ0n) is 15.4. The summed E-state index contributed by atoms with van der Waals surface area (Å²) in [6, 6.07) is 7.95. The van der Waals surface area contributed by atoms with E-state index in [2.05, 4.69) is 17.2 Å². The van der Waals surface area contributed by atoms with Gasteiger partial charge in [0.2, 0.25) is 5.91 Å². The summed E-state index contributed by atoms with van der Waals surface area (Å²) >= 11 is 1.61. The number of amides is 1. The molecule has 1 aromatic carbocycles. The number of nitrogens with zero attached hydrogens (tertiary/aromatic N) is 2. The SMILES string of the molecule is Cc1nc(COc2ccccc2/C=C/C(=O)N2CCNCC2C)cs1.Cl.Cl. The summed E-state index contributed by atoms with van der Waals surface area (Å²) in [5.41, 5.74) is 1.82. The van der Waals surface area contributed by atoms with Gasteiger partial charge in [0.05, 0.1) is 10.7 Å². The highest BCUT2D eigenvalue weighted by molar-refractivity contribution is 7.09. The smallest absolute Gasteiger partial charge is 0.246 e. The quantitative estimate of drug-likeness (QED) is 0.735. The number of aromatic nitrogens is 1. The molecule has 5 nitrogen and oxygen atoms in total. The molecular weight excluding hydrogens is 405 g/mol. The first-order chi connectivity index (χ1) is 12.1. The average molecular weight is 430 g/mol. The van der Waals surface area contributed by atoms with Crippen LogP contribution in [-0.2, 0) is 11.4 Å². The third kappa shape index (κ3) is 6.50. The second-order valence-electron chi connectivity index (χ2n) is 6.10. The minimum atomic E-state index is 0. The fourth-order valence-electron chi connectivity index (χ4n) is 2.80. The maximum atomic E-state index is 12.4. The molecular formula is C19H25Cl2N3O2S. The summed E-state index contributed by atoms with van der Waals surface area (Å²) < 4.78 is 5.89. The summed E-state index contributed by atoms with van der Waals surface area (Å²) in [5, 5.41) is 6.33. The van der Waals surface area contributed by atoms with Crippen molar-refractivity contribution in [3.05, 3.63) is 52.0 Å². The molecule has 0 spiro atoms. The molecule has 1 aliphatic heterocycles. The second-order valence-corrected chi connectivity index (χ2v) is 7.16. The van der Waals surface area contributed by atoms with E-state index in [1.807, 2.05) is 47.5 Å². The van der Waals surface area contributed by atoms with Crippen LogP contribution in [0.4, 0.5) is 0 Å². The van der Waals surface area contributed by atoms with Crippen molar-refractivity contribution in [2.45, 2.75) is 26.5 Å². The van der Waals surface area contributed by atoms with Crippen molar-refractivity contribution >= 4 is 48.1 Å². The highest BCUT2D eigenvalue weighted by Crippen LogP contribution is 2.21. The molecule has 1 atom stereocenters. The topological polar surface area (TPSA) is 54.5 Å². The maximum Gasteiger partial charge on any atom is 0.246 e. The van der Waals surface area contributed by atoms with E-state index in [9.17, 15) is 4.79 Å². The lowest BCUT2D eigenvalue weighted by Gasteiger charge is -2.33. The zero-order valence-corrected chi connectivity index (χ0v) is 17.8. The molecule has 1 fully saturated rings. The van der Waals surface area contributed by atoms with Gasteiger partial charge < -0.3 is 15.0 Å². The van der Waals surface area contributed by atoms with E-state index >= 15 is 0 Å². The number of rotatable bonds is 5. The van der Waals surface area contributed by atoms with Gasteiger partial charge in [0.25, 0.3) is 0 Å². The summed E-state index contributed by atoms with van der Waals surface area (Å²) in [6.07, 6.45) is 3.47. The number of carbonyl (C=O) groups is 1. The highest BCUT2D eigenvalue weighted by Gasteiger charge is 2.20. The van der Waals surface area contributed by atoms with Gasteiger partial charge in [0.15, 0.2) is 0 Å². The number of ether oxygens (including phenoxy) is 1. The lowest BCUT2D eigenvalue weighted by molar-refractivity contribution is -0.128. The van der Waals surface area contributed by atoms with Crippen LogP contribution in [0.2, 0.25) is 0 Å². The van der Waals surface area contributed by atoms with Gasteiger partial charge in [0.1, 0.15) is 12.4 Å². The van der Waals surface area contributed by atoms with Crippen molar-refractivity contribution in [3.63, 3.8) is 0 Å². The molecule has 1 amide bonds. The molecule has 2 aromatic rings. The number of nitrogens with one attached hydrogen (secondary N) is 1. The molecule has 1 aromatic heterocycles. The Kier molecular flexibility index (Phi) is 9.80. The first-order valence-electron chi connectivity index (χ1n) is 8.45. The molecule has 3 rings (SSSR count). The Morgan fingerprint density at radius 3 is 2.89 bits per heavy atom. The van der Waals surface area contributed by atoms with Gasteiger partial charge >= 0.3 is 0 Å². The Balaban J connectivity index is 0.00000182. The Morgan fingerprint density at radius 1 is 1.41 bits per heavy atom. The van der Waals surface area contributed by atoms with Gasteiger partial charge in [-0.3, -0.25) is 4.79 Å². The summed E-state index contributed by atoms with van der Waals surface area (Å²) in [6.45, 7) is 6.89. The van der Waals surface area contributed by atoms with Gasteiger partial charge in [-0.1, -0.05) is 18.2 Å². The number of para-hydroxylation sites is 1. The molecule has 8 heteroatoms. The Labute approximate surface area is 176 Å². The van der Waals surface area contributed by atoms with E-state index in [0.717, 1.165) is 41.6 Å². The van der Waals surface area contributed by atoms with Crippen LogP contribution in [-0.4, -0.2) is 41.5 Å². The molecule has 1 aliphatic rings. The zero-order chi connectivity index (χ0) is 17.6. The van der Waals surface area contributed by atoms with E-state index < -0.39 is 0 Å². The van der Waals surface area contributed by atoms with Crippen LogP contribution < -0.4 is 10.1 Å². The van der Waals surface area contributed by atoms with Crippen LogP contribution in [0.5, 0.6) is 5.75 Å². The van der Waals surface area contributed by atoms with Gasteiger partial charge in [0, 0.05) is 42.7 Å². The van der Waals surface area contributed by atoms with E-state index in [-0.39, 0.29) is 36.8 Å². The Bertz CT molecular complexity index is 767. The average Bonchev–Trinajstić information content (AvgIpc) is 3.04. The Hall–Kier alpha value is -1.60. The van der Waals surface area contributed by atoms with Crippen LogP contribution in [0.3, 0.4) is 0 Å². The minimum absolute atomic E-state index is 0. The lowest BCUT2D eigenvalue weighted by atomic mass is 10.1. The molecule has 2 heterocycles. The number of piperazine rings is 1. The van der Waals surface area contributed by atoms with Crippen LogP contribution >= 0.6 is 36.2 Å². The third-order valence-electron chi connectivity index (χ3n) is 4.15. The fourth-order valence-corrected chi connectivity index (χ4v) is 3.40. The molecule has 1 unspecified atom stereocenters. The number of carbonyl (C=O) groups excluding carboxylic acids is 1. The van der Waals surface area contributed by atoms with Crippen molar-refractivity contribution in [1.29, 1.82) is 0 Å². The highest BCUT2D eigenvalue weighted by atomic mass is 35.5. The second kappa shape index (κ2) is 11.3. The molecule has 27 heavy (non-hydrogen) atoms. The number of halogens is 2. The third-order valence-corrected chi connectivity index (χ3v) is 4.97. The first-order valence-corrected chi connectivity index (χ1v) is 9.33. The fraction of sp³-hybridized carbons (Fsp3) is 0.368. The summed E-state index contributed by atoms with van der Waals surface area (Å²) in [5.74, 6) is 0.796. The van der Waals surface area contributed by atoms with Gasteiger partial charge in [-0.05, 0) is 26.0 Å². The van der Waals surface area contributed by atoms with Crippen LogP contribution in [0, 0.1) is 6.92 Å². The predicted octanol–water partition coefficient (Wildman–Crippen LogP) is 3.71. The van der Waals surface area contributed by atoms with Crippen LogP contribution in [0.15, 0.2) is 35.7 Å². The number of aryl methyl sites for hydroxylation is 1. The maximum absolute atomic E-state index is 12.4. The van der Waals surface area contributed by atoms with Gasteiger partial charge in [-0.25, -0.2) is 4.98 Å². The van der Waals surface area contributed by atoms with Gasteiger partial charge in [-0.2, -0.15) is 0 Å². The Morgan fingerprint density at radius 2 is 2.19 bits per heavy atom. The molecule has 148 valence electrons. The number of benzene rings is 1. The molecule has 0 radical (unpaired) electrons. The number of thiazole rings is 1. The van der Waals surface area contributed by atoms with Crippen molar-refractivity contribution < 1.29 is 9.53 Å². The van der Waals surface area contributed by atoms with E-state index in [4.69, 9.17) is 4.74 Å². The molecule has 1 N–H and O–H groups in total. The first kappa shape index (κ1) is 23.4. The lowest BCUT2D eigenvalue weighted by Crippen LogP contribution is -2.51. The minimum Gasteiger partial charge on any atom is -0.487 e. The van der Waals surface area contributed by atoms with Crippen LogP contribution in [0.25, 0.3) is 6.08 Å². The number of hydrogen-bond donors (Lipinski definition) is 1. The molecule has 0 bridgehead atoms. The van der Waals surface area contributed by atoms with E-state index in [1.54, 1.807) is 17.4 Å². The van der Waals surface area contributed by atoms with E-state index in [0.29, 0.717) is 6.61 Å². The number of hydrogen-bond acceptors (Lipinski definition) is 5. The normalized spacial score (nSPS) is 16.5. The largest absolute Gasteiger partial charge is 0.487 e. The predicted molar refractivity (Wildman–Crippen MR) is 115 cm³/mol. The molecule has 0 saturated carbocycles. The van der Waals surface area contributed by atoms with Crippen molar-refractivity contribution in [3.8, 4) is 5.75 Å². The summed E-state index contributed by atoms with van der Waals surface area (Å²) in [4.78, 5) is 18.7. The van der Waals surface area contributed by atoms with Crippen molar-refractivity contribution in [2.24, 2.45) is 0 Å². The van der Waals surface area contributed by atoms with E-state index in [1.165, 1.54) is 0 Å². The summed E-state index contributed by atoms with van der Waals surface area (Å²) in [7, 11) is 0. The standard InChI is InChI=1S/C19H23N3O2S.2ClH/c1-14-11-20-9-10-22(14)19(23)8-7-16-5-3-4-6-18(16)24-12-17-13-25-15(2)21-17;;/h3-8,13-14,20H,9-12H2,1-2H3;2*1H/b8-7+;;. The van der Waals surface area contributed by atoms with Crippen molar-refractivity contribution in [2.75, 3.05) is 19.6 Å². The monoisotopic (exact) mass is 429 g/mol. The molecule has 0 aliphatic carbocycles. The molecule has 1 saturated heterocycles. The van der Waals surface area contributed by atoms with Crippen LogP contribution in [0.1, 0.15) is 23.2 Å². The van der Waals surface area contributed by atoms with Gasteiger partial charge in [-0.15, -0.1) is 36.2 Å².